The summed E-state index contributed by atoms with van der Waals surface area (Å²) in [6.07, 6.45) is 0. The van der Waals surface area contributed by atoms with Crippen LogP contribution < -0.4 is 0 Å². The molecule has 0 radical (unpaired) electrons. The smallest absolute Gasteiger partial charge is 0.0978 e. The fourth-order valence-corrected chi connectivity index (χ4v) is 52.1. The van der Waals surface area contributed by atoms with Gasteiger partial charge in [-0.2, -0.15) is 0 Å². The van der Waals surface area contributed by atoms with E-state index >= 15 is 0 Å². The monoisotopic (exact) mass is 448 g/mol. The molecular formula is CH8Br4Si4. The van der Waals surface area contributed by atoms with Crippen LogP contribution in [0.5, 0.6) is 0 Å². The lowest BCUT2D eigenvalue weighted by atomic mass is 11.8. The Bertz CT molecular complexity index is 55.5. The van der Waals surface area contributed by atoms with Crippen molar-refractivity contribution in [2.24, 2.45) is 0 Å². The van der Waals surface area contributed by atoms with Gasteiger partial charge in [0.1, 0.15) is 0 Å². The average molecular weight is 452 g/mol. The van der Waals surface area contributed by atoms with Crippen LogP contribution in [-0.2, 0) is 0 Å². The van der Waals surface area contributed by atoms with Gasteiger partial charge >= 0.3 is 0 Å². The minimum Gasteiger partial charge on any atom is -0.136 e. The number of halogens is 4. The summed E-state index contributed by atoms with van der Waals surface area (Å²) in [4.78, 5) is 0. The molecule has 8 heteroatoms. The van der Waals surface area contributed by atoms with Gasteiger partial charge in [0.2, 0.25) is 0 Å². The Morgan fingerprint density at radius 3 is 0.889 bits per heavy atom. The molecule has 0 aliphatic rings. The Morgan fingerprint density at radius 1 is 0.667 bits per heavy atom. The van der Waals surface area contributed by atoms with E-state index < -0.39 is 0 Å². The van der Waals surface area contributed by atoms with Gasteiger partial charge in [-0.05, 0) is 3.91 Å². The van der Waals surface area contributed by atoms with Crippen LogP contribution in [0.1, 0.15) is 0 Å². The highest BCUT2D eigenvalue weighted by molar-refractivity contribution is 9.28. The van der Waals surface area contributed by atoms with Crippen molar-refractivity contribution in [1.82, 2.24) is 0 Å². The van der Waals surface area contributed by atoms with Crippen LogP contribution in [-0.4, -0.2) is 32.6 Å². The van der Waals surface area contributed by atoms with Gasteiger partial charge in [-0.1, -0.05) is 0 Å². The highest BCUT2D eigenvalue weighted by Gasteiger charge is 2.27. The molecule has 0 nitrogen and oxygen atoms in total. The predicted octanol–water partition coefficient (Wildman–Crippen LogP) is -0.0676. The third-order valence-corrected chi connectivity index (χ3v) is 53.0. The van der Waals surface area contributed by atoms with Crippen molar-refractivity contribution in [2.45, 2.75) is 3.91 Å². The van der Waals surface area contributed by atoms with Gasteiger partial charge < -0.3 is 0 Å². The van der Waals surface area contributed by atoms with E-state index in [1.54, 1.807) is 0 Å². The van der Waals surface area contributed by atoms with Crippen molar-refractivity contribution in [3.8, 4) is 0 Å². The van der Waals surface area contributed by atoms with Crippen LogP contribution in [0.15, 0.2) is 0 Å². The van der Waals surface area contributed by atoms with Gasteiger partial charge in [0.15, 0.2) is 0 Å². The lowest BCUT2D eigenvalue weighted by Gasteiger charge is -2.21. The van der Waals surface area contributed by atoms with Gasteiger partial charge in [-0.25, -0.2) is 0 Å². The lowest BCUT2D eigenvalue weighted by molar-refractivity contribution is 1.68. The Labute approximate surface area is 96.3 Å². The van der Waals surface area contributed by atoms with Crippen molar-refractivity contribution >= 4 is 93.7 Å². The SMILES string of the molecule is Br[SiH2]C([SiH2]Br)([SiH2]Br)[SiH2]Br. The first-order valence-electron chi connectivity index (χ1n) is 2.48. The van der Waals surface area contributed by atoms with E-state index in [9.17, 15) is 0 Å². The molecule has 0 atom stereocenters. The number of hydrogen-bond acceptors (Lipinski definition) is 0. The third-order valence-electron chi connectivity index (χ3n) is 1.13. The normalized spacial score (nSPS) is 22.7. The molecule has 0 aromatic heterocycles. The van der Waals surface area contributed by atoms with E-state index in [4.69, 9.17) is 0 Å². The molecule has 0 aliphatic carbocycles. The van der Waals surface area contributed by atoms with Gasteiger partial charge in [0.25, 0.3) is 0 Å². The second-order valence-corrected chi connectivity index (χ2v) is 21.8. The van der Waals surface area contributed by atoms with E-state index in [1.165, 1.54) is 0 Å². The summed E-state index contributed by atoms with van der Waals surface area (Å²) < 4.78 is 0.889. The highest BCUT2D eigenvalue weighted by atomic mass is 79.9. The fourth-order valence-electron chi connectivity index (χ4n) is 0.214. The maximum Gasteiger partial charge on any atom is 0.0978 e. The molecule has 0 bridgehead atoms. The van der Waals surface area contributed by atoms with Gasteiger partial charge in [-0.3, -0.25) is 0 Å². The Balaban J connectivity index is 3.82. The van der Waals surface area contributed by atoms with E-state index in [-0.39, 0.29) is 32.6 Å². The number of rotatable bonds is 4. The van der Waals surface area contributed by atoms with Gasteiger partial charge in [0, 0.05) is 0 Å². The van der Waals surface area contributed by atoms with Crippen LogP contribution in [0.3, 0.4) is 0 Å². The lowest BCUT2D eigenvalue weighted by Crippen LogP contribution is -2.29. The van der Waals surface area contributed by atoms with Crippen LogP contribution in [0.25, 0.3) is 0 Å². The molecule has 0 saturated heterocycles. The van der Waals surface area contributed by atoms with Gasteiger partial charge in [0.05, 0.1) is 32.6 Å². The quantitative estimate of drug-likeness (QED) is 0.415. The Kier molecular flexibility index (Phi) is 8.28. The zero-order valence-electron chi connectivity index (χ0n) is 4.84. The minimum atomic E-state index is 0.0781. The molecule has 56 valence electrons. The predicted molar refractivity (Wildman–Crippen MR) is 72.6 cm³/mol. The number of hydrogen-bond donors (Lipinski definition) is 0. The van der Waals surface area contributed by atoms with Crippen molar-refractivity contribution in [1.29, 1.82) is 0 Å². The van der Waals surface area contributed by atoms with Gasteiger partial charge in [-0.15, -0.1) is 61.2 Å². The van der Waals surface area contributed by atoms with Crippen LogP contribution >= 0.6 is 61.2 Å². The molecule has 9 heavy (non-hydrogen) atoms. The van der Waals surface area contributed by atoms with Crippen molar-refractivity contribution in [3.63, 3.8) is 0 Å². The maximum atomic E-state index is 3.71. The van der Waals surface area contributed by atoms with Crippen LogP contribution in [0.2, 0.25) is 3.91 Å². The van der Waals surface area contributed by atoms with E-state index in [0.29, 0.717) is 0 Å². The highest BCUT2D eigenvalue weighted by Crippen LogP contribution is 2.27. The first-order chi connectivity index (χ1) is 4.24. The summed E-state index contributed by atoms with van der Waals surface area (Å²) in [5.74, 6) is 0. The van der Waals surface area contributed by atoms with Crippen LogP contribution in [0, 0.1) is 0 Å². The third kappa shape index (κ3) is 3.81. The van der Waals surface area contributed by atoms with Crippen LogP contribution in [0.4, 0.5) is 0 Å². The summed E-state index contributed by atoms with van der Waals surface area (Å²) in [5, 5.41) is 0. The first kappa shape index (κ1) is 11.8. The summed E-state index contributed by atoms with van der Waals surface area (Å²) in [7, 11) is 0.312. The zero-order chi connectivity index (χ0) is 7.33. The summed E-state index contributed by atoms with van der Waals surface area (Å²) >= 11 is 14.8. The molecule has 0 fully saturated rings. The molecule has 0 aliphatic heterocycles. The molecule has 0 rings (SSSR count). The maximum absolute atomic E-state index is 3.71. The second-order valence-electron chi connectivity index (χ2n) is 2.03. The molecule has 0 heterocycles. The van der Waals surface area contributed by atoms with E-state index in [0.717, 1.165) is 3.91 Å². The average Bonchev–Trinajstić information content (AvgIpc) is 1.95. The zero-order valence-corrected chi connectivity index (χ0v) is 16.8. The molecule has 0 aromatic carbocycles. The van der Waals surface area contributed by atoms with Crippen molar-refractivity contribution in [2.75, 3.05) is 0 Å². The Morgan fingerprint density at radius 2 is 0.889 bits per heavy atom. The molecular weight excluding hydrogens is 444 g/mol. The second kappa shape index (κ2) is 6.32. The first-order valence-corrected chi connectivity index (χ1v) is 20.9. The van der Waals surface area contributed by atoms with Crippen molar-refractivity contribution < 1.29 is 0 Å². The van der Waals surface area contributed by atoms with E-state index in [2.05, 4.69) is 61.2 Å². The summed E-state index contributed by atoms with van der Waals surface area (Å²) in [6.45, 7) is 0. The molecule has 0 saturated carbocycles. The topological polar surface area (TPSA) is 0 Å². The Hall–Kier alpha value is 2.79. The standard InChI is InChI=1S/CH8Br4Si4/c2-6-1(7-3,8-4)9-5/h6-9H2. The fraction of sp³-hybridized carbons (Fsp3) is 1.00. The summed E-state index contributed by atoms with van der Waals surface area (Å²) in [5.41, 5.74) is 0. The summed E-state index contributed by atoms with van der Waals surface area (Å²) in [6, 6.07) is 0. The molecule has 0 aromatic rings. The minimum absolute atomic E-state index is 0.0781. The molecule has 0 spiro atoms. The van der Waals surface area contributed by atoms with Crippen molar-refractivity contribution in [3.05, 3.63) is 0 Å². The molecule has 0 unspecified atom stereocenters. The largest absolute Gasteiger partial charge is 0.136 e. The molecule has 0 N–H and O–H groups in total. The molecule has 0 amide bonds. The van der Waals surface area contributed by atoms with E-state index in [1.807, 2.05) is 0 Å².